The molecule has 18 nitrogen and oxygen atoms in total. The number of rotatable bonds is 18. The Labute approximate surface area is 540 Å². The minimum atomic E-state index is -3.55. The number of carbonyl (C=O) groups is 1. The number of aliphatic hydroxyl groups excluding tert-OH is 2. The van der Waals surface area contributed by atoms with Crippen molar-refractivity contribution in [2.45, 2.75) is 51.0 Å². The van der Waals surface area contributed by atoms with Crippen LogP contribution < -0.4 is 89.0 Å². The first-order valence-electron chi connectivity index (χ1n) is 25.0. The van der Waals surface area contributed by atoms with Gasteiger partial charge < -0.3 is 56.6 Å². The second kappa shape index (κ2) is 35.2. The topological polar surface area (TPSA) is 240 Å². The van der Waals surface area contributed by atoms with Crippen LogP contribution in [-0.4, -0.2) is 135 Å². The number of aryl methyl sites for hydroxylation is 2. The van der Waals surface area contributed by atoms with Crippen LogP contribution in [0.15, 0.2) is 122 Å². The zero-order valence-electron chi connectivity index (χ0n) is 47.5. The molecule has 0 aliphatic carbocycles. The predicted octanol–water partition coefficient (Wildman–Crippen LogP) is 1.48. The molecule has 2 fully saturated rings. The van der Waals surface area contributed by atoms with Gasteiger partial charge in [0.25, 0.3) is 16.6 Å². The van der Waals surface area contributed by atoms with Crippen LogP contribution in [0.3, 0.4) is 0 Å². The van der Waals surface area contributed by atoms with Crippen molar-refractivity contribution in [2.24, 2.45) is 0 Å². The summed E-state index contributed by atoms with van der Waals surface area (Å²) in [6, 6.07) is 34.6. The van der Waals surface area contributed by atoms with E-state index in [1.54, 1.807) is 30.5 Å². The molecule has 5 N–H and O–H groups in total. The maximum absolute atomic E-state index is 11.3. The number of hydrogen-bond acceptors (Lipinski definition) is 18. The number of hydrogen-bond donors (Lipinski definition) is 5. The van der Waals surface area contributed by atoms with Crippen LogP contribution in [0.5, 0.6) is 11.5 Å². The second-order valence-corrected chi connectivity index (χ2v) is 22.2. The van der Waals surface area contributed by atoms with E-state index < -0.39 is 21.3 Å². The van der Waals surface area contributed by atoms with Gasteiger partial charge in [0.05, 0.1) is 59.6 Å². The number of ether oxygens (including phenoxy) is 2. The Bertz CT molecular complexity index is 2950. The summed E-state index contributed by atoms with van der Waals surface area (Å²) in [5.41, 5.74) is 4.87. The average molecular weight is 1240 g/mol. The van der Waals surface area contributed by atoms with Gasteiger partial charge in [0.15, 0.2) is 0 Å². The number of pyridine rings is 2. The summed E-state index contributed by atoms with van der Waals surface area (Å²) in [5, 5.41) is 53.7. The van der Waals surface area contributed by atoms with Crippen LogP contribution in [0.4, 0.5) is 11.4 Å². The molecule has 2 saturated heterocycles. The minimum Gasteiger partial charge on any atom is -1.00 e. The molecule has 0 unspecified atom stereocenters. The van der Waals surface area contributed by atoms with Crippen molar-refractivity contribution in [1.29, 1.82) is 0 Å². The Hall–Kier alpha value is -3.36. The van der Waals surface area contributed by atoms with Gasteiger partial charge in [0.2, 0.25) is 0 Å². The minimum absolute atomic E-state index is 0. The quantitative estimate of drug-likeness (QED) is 0.0269. The van der Waals surface area contributed by atoms with Gasteiger partial charge in [-0.1, -0.05) is 82.8 Å². The van der Waals surface area contributed by atoms with Gasteiger partial charge in [-0.25, -0.2) is 0 Å². The van der Waals surface area contributed by atoms with E-state index in [2.05, 4.69) is 51.2 Å². The molecule has 8 rings (SSSR count). The molecule has 4 atom stereocenters. The van der Waals surface area contributed by atoms with E-state index >= 15 is 0 Å². The fourth-order valence-corrected chi connectivity index (χ4v) is 9.82. The van der Waals surface area contributed by atoms with E-state index in [9.17, 15) is 18.6 Å². The monoisotopic (exact) mass is 1230 g/mol. The Morgan fingerprint density at radius 2 is 1.16 bits per heavy atom. The van der Waals surface area contributed by atoms with Gasteiger partial charge in [-0.2, -0.15) is 8.42 Å². The van der Waals surface area contributed by atoms with Crippen molar-refractivity contribution in [1.82, 2.24) is 20.2 Å². The molecular weight excluding hydrogens is 1170 g/mol. The average Bonchev–Trinajstić information content (AvgIpc) is 3.48. The molecular formula is C56H68Cl4N6Na2O12S. The first-order chi connectivity index (χ1) is 37.6. The van der Waals surface area contributed by atoms with E-state index in [0.29, 0.717) is 45.2 Å². The molecule has 0 spiro atoms. The third kappa shape index (κ3) is 23.2. The normalized spacial score (nSPS) is 16.6. The van der Waals surface area contributed by atoms with E-state index in [1.807, 2.05) is 93.6 Å². The van der Waals surface area contributed by atoms with Crippen LogP contribution in [0.1, 0.15) is 61.0 Å². The van der Waals surface area contributed by atoms with Crippen LogP contribution in [-0.2, 0) is 35.2 Å². The molecule has 6 aromatic rings. The van der Waals surface area contributed by atoms with Crippen molar-refractivity contribution < 1.29 is 118 Å². The molecule has 4 heterocycles. The molecule has 2 aliphatic rings. The summed E-state index contributed by atoms with van der Waals surface area (Å²) in [4.78, 5) is 26.5. The molecule has 81 heavy (non-hydrogen) atoms. The Kier molecular flexibility index (Phi) is 31.2. The van der Waals surface area contributed by atoms with Crippen LogP contribution in [0.25, 0.3) is 0 Å². The smallest absolute Gasteiger partial charge is 1.00 e. The van der Waals surface area contributed by atoms with Gasteiger partial charge in [0.1, 0.15) is 35.9 Å². The summed E-state index contributed by atoms with van der Waals surface area (Å²) in [6.45, 7) is 12.3. The van der Waals surface area contributed by atoms with Crippen molar-refractivity contribution in [3.63, 3.8) is 0 Å². The molecule has 2 aromatic heterocycles. The number of β-amino-alcohol motifs (C(OH)–C–C–N with tert-alkyl or cyclic N) is 1. The fraction of sp³-hybridized carbons (Fsp3) is 0.375. The number of nitrogens with zero attached hydrogens (tertiary/aromatic N) is 5. The molecule has 4 aromatic carbocycles. The standard InChI is InChI=1S/C27H31Cl2N3O3.C18H20Cl2N2O2.C10H15NO4S.CH2O3.2Na.H/c1-19-3-6-21(16-30-19)27(2,34)18-31-11-12-32(26(17-31)20-4-7-22(28)8-5-20)25-10-9-23(15-24(25)29)35-14-13-33;19-14-3-1-13(2-4-14)18-12-21-7-8-22(18)17-6-5-15(11-16(17)20)24-10-9-23;1-8-4-5-9(6-11-8)10(2,12)7-15-16(3,13)14;2-1-4-3;;;/h3-10,15-16,26,33-34H,11-14,17-18H2,1-2H3;1-6,11,18,21,23H,7-10,12H2;4-6,12H,7H2,1-3H3;1,3H;;;/q;;;;2*+1;-1/p-1/t26-,27+;18-;10-;;;;/m001..../s1. The number of benzene rings is 4. The number of nitrogens with one attached hydrogen (secondary N) is 1. The molecule has 25 heteroatoms. The summed E-state index contributed by atoms with van der Waals surface area (Å²) in [6.07, 6.45) is 4.19. The van der Waals surface area contributed by atoms with Gasteiger partial charge >= 0.3 is 59.1 Å². The zero-order valence-corrected chi connectivity index (χ0v) is 54.3. The molecule has 430 valence electrons. The molecule has 0 amide bonds. The summed E-state index contributed by atoms with van der Waals surface area (Å²) >= 11 is 25.4. The van der Waals surface area contributed by atoms with E-state index in [0.717, 1.165) is 77.9 Å². The van der Waals surface area contributed by atoms with E-state index in [1.165, 1.54) is 18.7 Å². The van der Waals surface area contributed by atoms with Crippen LogP contribution in [0.2, 0.25) is 20.1 Å². The summed E-state index contributed by atoms with van der Waals surface area (Å²) < 4.78 is 37.1. The third-order valence-electron chi connectivity index (χ3n) is 12.6. The van der Waals surface area contributed by atoms with Crippen molar-refractivity contribution >= 4 is 74.4 Å². The predicted molar refractivity (Wildman–Crippen MR) is 307 cm³/mol. The van der Waals surface area contributed by atoms with Crippen LogP contribution in [0, 0.1) is 13.8 Å². The van der Waals surface area contributed by atoms with Crippen LogP contribution >= 0.6 is 46.4 Å². The zero-order chi connectivity index (χ0) is 57.8. The number of halogens is 4. The van der Waals surface area contributed by atoms with Crippen molar-refractivity contribution in [2.75, 3.05) is 94.9 Å². The summed E-state index contributed by atoms with van der Waals surface area (Å²) in [7, 11) is -3.55. The largest absolute Gasteiger partial charge is 1.00 e. The molecule has 0 saturated carbocycles. The first-order valence-corrected chi connectivity index (χ1v) is 28.3. The third-order valence-corrected chi connectivity index (χ3v) is 14.2. The molecule has 0 bridgehead atoms. The number of anilines is 2. The fourth-order valence-electron chi connectivity index (χ4n) is 8.57. The van der Waals surface area contributed by atoms with Crippen molar-refractivity contribution in [3.05, 3.63) is 175 Å². The Morgan fingerprint density at radius 3 is 1.58 bits per heavy atom. The number of carbonyl (C=O) groups excluding carboxylic acids is 1. The van der Waals surface area contributed by atoms with Crippen molar-refractivity contribution in [3.8, 4) is 11.5 Å². The SMILES string of the molecule is Cc1ccc([C@](C)(O)CN2CCN(c3ccc(OCCO)cc3Cl)[C@H](c3ccc(Cl)cc3)C2)cn1.Cc1ccc([C@](C)(O)COS(C)(=O)=O)cn1.O=CO[O-].OCCOc1ccc(N2CCNC[C@H]2c2ccc(Cl)cc2)c(Cl)c1.[H-].[Na+].[Na+]. The number of aliphatic hydroxyl groups is 4. The maximum atomic E-state index is 11.3. The first kappa shape index (κ1) is 71.9. The van der Waals surface area contributed by atoms with E-state index in [-0.39, 0.29) is 112 Å². The van der Waals surface area contributed by atoms with E-state index in [4.69, 9.17) is 76.1 Å². The van der Waals surface area contributed by atoms with Gasteiger partial charge in [-0.05, 0) is 99.5 Å². The van der Waals surface area contributed by atoms with Gasteiger partial charge in [-0.15, -0.1) is 0 Å². The van der Waals surface area contributed by atoms with Gasteiger partial charge in [0, 0.05) is 103 Å². The summed E-state index contributed by atoms with van der Waals surface area (Å²) in [5.74, 6) is 1.29. The Morgan fingerprint density at radius 1 is 0.704 bits per heavy atom. The molecule has 0 radical (unpaired) electrons. The number of piperazine rings is 2. The Balaban J connectivity index is 0.000000425. The number of aromatic nitrogens is 2. The second-order valence-electron chi connectivity index (χ2n) is 18.9. The molecule has 2 aliphatic heterocycles. The maximum Gasteiger partial charge on any atom is 1.00 e. The van der Waals surface area contributed by atoms with Gasteiger partial charge in [-0.3, -0.25) is 23.8 Å².